The minimum atomic E-state index is -4.79. The van der Waals surface area contributed by atoms with Crippen molar-refractivity contribution in [1.82, 2.24) is 10.2 Å². The van der Waals surface area contributed by atoms with E-state index in [0.29, 0.717) is 22.0 Å². The van der Waals surface area contributed by atoms with Gasteiger partial charge in [0.15, 0.2) is 0 Å². The Kier molecular flexibility index (Phi) is 9.82. The molecule has 0 bridgehead atoms. The van der Waals surface area contributed by atoms with Crippen molar-refractivity contribution in [3.63, 3.8) is 0 Å². The Morgan fingerprint density at radius 2 is 1.63 bits per heavy atom. The van der Waals surface area contributed by atoms with Crippen LogP contribution in [-0.4, -0.2) is 49.5 Å². The Balaban J connectivity index is 2.56. The molecular formula is C25H30ClF4N3O4S. The largest absolute Gasteiger partial charge is 0.416 e. The number of nitrogens with one attached hydrogen (secondary N) is 1. The number of halogens is 5. The molecule has 38 heavy (non-hydrogen) atoms. The lowest BCUT2D eigenvalue weighted by Gasteiger charge is -2.34. The third-order valence-electron chi connectivity index (χ3n) is 5.37. The Hall–Kier alpha value is -2.86. The van der Waals surface area contributed by atoms with Crippen LogP contribution in [0, 0.1) is 5.82 Å². The Bertz CT molecular complexity index is 1260. The third-order valence-corrected chi connectivity index (χ3v) is 6.82. The van der Waals surface area contributed by atoms with Crippen LogP contribution in [0.4, 0.5) is 23.2 Å². The molecule has 1 N–H and O–H groups in total. The molecule has 0 spiro atoms. The molecule has 1 unspecified atom stereocenters. The molecule has 0 fully saturated rings. The smallest absolute Gasteiger partial charge is 0.350 e. The molecule has 1 atom stereocenters. The summed E-state index contributed by atoms with van der Waals surface area (Å²) < 4.78 is 79.3. The number of amides is 2. The summed E-state index contributed by atoms with van der Waals surface area (Å²) in [6, 6.07) is 6.21. The molecule has 2 aromatic carbocycles. The Labute approximate surface area is 224 Å². The van der Waals surface area contributed by atoms with E-state index in [1.807, 2.05) is 0 Å². The molecule has 0 saturated heterocycles. The van der Waals surface area contributed by atoms with Gasteiger partial charge < -0.3 is 10.2 Å². The highest BCUT2D eigenvalue weighted by molar-refractivity contribution is 7.92. The number of carbonyl (C=O) groups is 2. The lowest BCUT2D eigenvalue weighted by Crippen LogP contribution is -2.55. The molecule has 0 aliphatic rings. The SMILES string of the molecule is CCC(C(=O)NC(C)(C)C)N(Cc1ccc(F)cc1)C(=O)CN(c1cc(C(F)(F)F)ccc1Cl)S(C)(=O)=O. The normalized spacial score (nSPS) is 13.1. The molecule has 210 valence electrons. The number of hydrogen-bond acceptors (Lipinski definition) is 4. The van der Waals surface area contributed by atoms with Crippen LogP contribution < -0.4 is 9.62 Å². The van der Waals surface area contributed by atoms with Crippen LogP contribution in [0.2, 0.25) is 5.02 Å². The monoisotopic (exact) mass is 579 g/mol. The van der Waals surface area contributed by atoms with Gasteiger partial charge in [0.05, 0.1) is 22.5 Å². The van der Waals surface area contributed by atoms with Gasteiger partial charge in [-0.15, -0.1) is 0 Å². The second-order valence-electron chi connectivity index (χ2n) is 9.74. The van der Waals surface area contributed by atoms with E-state index in [9.17, 15) is 35.6 Å². The van der Waals surface area contributed by atoms with Crippen LogP contribution in [0.25, 0.3) is 0 Å². The molecular weight excluding hydrogens is 550 g/mol. The van der Waals surface area contributed by atoms with Crippen molar-refractivity contribution in [3.05, 3.63) is 64.4 Å². The van der Waals surface area contributed by atoms with Gasteiger partial charge in [0.2, 0.25) is 21.8 Å². The first-order valence-corrected chi connectivity index (χ1v) is 13.8. The Morgan fingerprint density at radius 3 is 2.11 bits per heavy atom. The zero-order chi connectivity index (χ0) is 29.1. The summed E-state index contributed by atoms with van der Waals surface area (Å²) in [5.41, 5.74) is -1.90. The van der Waals surface area contributed by atoms with Crippen LogP contribution in [0.5, 0.6) is 0 Å². The first-order valence-electron chi connectivity index (χ1n) is 11.5. The van der Waals surface area contributed by atoms with Gasteiger partial charge in [0.1, 0.15) is 18.4 Å². The summed E-state index contributed by atoms with van der Waals surface area (Å²) in [5.74, 6) is -1.91. The standard InChI is InChI=1S/C25H30ClF4N3O4S/c1-6-20(23(35)31-24(2,3)4)32(14-16-7-10-18(27)11-8-16)22(34)15-33(38(5,36)37)21-13-17(25(28,29)30)9-12-19(21)26/h7-13,20H,6,14-15H2,1-5H3,(H,31,35). The summed E-state index contributed by atoms with van der Waals surface area (Å²) in [5, 5.41) is 2.46. The van der Waals surface area contributed by atoms with Gasteiger partial charge in [0, 0.05) is 12.1 Å². The number of carbonyl (C=O) groups excluding carboxylic acids is 2. The van der Waals surface area contributed by atoms with E-state index in [0.717, 1.165) is 17.2 Å². The highest BCUT2D eigenvalue weighted by Crippen LogP contribution is 2.36. The minimum Gasteiger partial charge on any atom is -0.350 e. The zero-order valence-electron chi connectivity index (χ0n) is 21.6. The van der Waals surface area contributed by atoms with Crippen molar-refractivity contribution in [2.45, 2.75) is 58.4 Å². The summed E-state index contributed by atoms with van der Waals surface area (Å²) in [6.45, 7) is 5.75. The zero-order valence-corrected chi connectivity index (χ0v) is 23.1. The van der Waals surface area contributed by atoms with Crippen molar-refractivity contribution in [1.29, 1.82) is 0 Å². The lowest BCUT2D eigenvalue weighted by molar-refractivity contribution is -0.141. The van der Waals surface area contributed by atoms with Crippen molar-refractivity contribution < 1.29 is 35.6 Å². The van der Waals surface area contributed by atoms with Crippen LogP contribution in [0.15, 0.2) is 42.5 Å². The van der Waals surface area contributed by atoms with E-state index >= 15 is 0 Å². The van der Waals surface area contributed by atoms with Gasteiger partial charge in [0.25, 0.3) is 0 Å². The highest BCUT2D eigenvalue weighted by Gasteiger charge is 2.35. The summed E-state index contributed by atoms with van der Waals surface area (Å²) >= 11 is 6.07. The molecule has 7 nitrogen and oxygen atoms in total. The molecule has 2 amide bonds. The van der Waals surface area contributed by atoms with E-state index in [2.05, 4.69) is 5.32 Å². The Morgan fingerprint density at radius 1 is 1.05 bits per heavy atom. The first-order chi connectivity index (χ1) is 17.3. The number of nitrogens with zero attached hydrogens (tertiary/aromatic N) is 2. The average Bonchev–Trinajstić information content (AvgIpc) is 2.76. The molecule has 0 heterocycles. The van der Waals surface area contributed by atoms with Gasteiger partial charge in [-0.2, -0.15) is 13.2 Å². The third kappa shape index (κ3) is 8.59. The number of sulfonamides is 1. The number of rotatable bonds is 9. The maximum atomic E-state index is 13.6. The quantitative estimate of drug-likeness (QED) is 0.424. The van der Waals surface area contributed by atoms with Gasteiger partial charge in [-0.3, -0.25) is 13.9 Å². The molecule has 2 rings (SSSR count). The maximum Gasteiger partial charge on any atom is 0.416 e. The molecule has 13 heteroatoms. The number of anilines is 1. The topological polar surface area (TPSA) is 86.8 Å². The van der Waals surface area contributed by atoms with Crippen LogP contribution in [-0.2, 0) is 32.3 Å². The average molecular weight is 580 g/mol. The number of benzene rings is 2. The van der Waals surface area contributed by atoms with E-state index < -0.39 is 63.2 Å². The predicted molar refractivity (Wildman–Crippen MR) is 138 cm³/mol. The fourth-order valence-corrected chi connectivity index (χ4v) is 4.76. The van der Waals surface area contributed by atoms with E-state index in [-0.39, 0.29) is 18.0 Å². The predicted octanol–water partition coefficient (Wildman–Crippen LogP) is 4.99. The summed E-state index contributed by atoms with van der Waals surface area (Å²) in [7, 11) is -4.31. The van der Waals surface area contributed by atoms with E-state index in [1.54, 1.807) is 27.7 Å². The van der Waals surface area contributed by atoms with Gasteiger partial charge >= 0.3 is 6.18 Å². The second kappa shape index (κ2) is 11.9. The first kappa shape index (κ1) is 31.4. The van der Waals surface area contributed by atoms with Crippen molar-refractivity contribution in [3.8, 4) is 0 Å². The van der Waals surface area contributed by atoms with E-state index in [4.69, 9.17) is 11.6 Å². The molecule has 0 aromatic heterocycles. The summed E-state index contributed by atoms with van der Waals surface area (Å²) in [6.07, 6.45) is -3.93. The van der Waals surface area contributed by atoms with Gasteiger partial charge in [-0.1, -0.05) is 30.7 Å². The molecule has 0 radical (unpaired) electrons. The van der Waals surface area contributed by atoms with Crippen molar-refractivity contribution in [2.75, 3.05) is 17.1 Å². The van der Waals surface area contributed by atoms with Crippen molar-refractivity contribution in [2.24, 2.45) is 0 Å². The lowest BCUT2D eigenvalue weighted by atomic mass is 10.1. The van der Waals surface area contributed by atoms with Crippen LogP contribution >= 0.6 is 11.6 Å². The molecule has 0 aliphatic carbocycles. The summed E-state index contributed by atoms with van der Waals surface area (Å²) in [4.78, 5) is 27.8. The fourth-order valence-electron chi connectivity index (χ4n) is 3.63. The van der Waals surface area contributed by atoms with E-state index in [1.165, 1.54) is 24.3 Å². The number of alkyl halides is 3. The molecule has 2 aromatic rings. The van der Waals surface area contributed by atoms with Crippen LogP contribution in [0.1, 0.15) is 45.2 Å². The second-order valence-corrected chi connectivity index (χ2v) is 12.1. The van der Waals surface area contributed by atoms with Crippen LogP contribution in [0.3, 0.4) is 0 Å². The van der Waals surface area contributed by atoms with Gasteiger partial charge in [-0.25, -0.2) is 12.8 Å². The number of hydrogen-bond donors (Lipinski definition) is 1. The molecule has 0 saturated carbocycles. The van der Waals surface area contributed by atoms with Gasteiger partial charge in [-0.05, 0) is 63.1 Å². The van der Waals surface area contributed by atoms with Crippen molar-refractivity contribution >= 4 is 39.1 Å². The molecule has 0 aliphatic heterocycles. The highest BCUT2D eigenvalue weighted by atomic mass is 35.5. The minimum absolute atomic E-state index is 0.137. The fraction of sp³-hybridized carbons (Fsp3) is 0.440. The maximum absolute atomic E-state index is 13.6.